The van der Waals surface area contributed by atoms with Crippen LogP contribution in [0, 0.1) is 5.92 Å². The molecule has 0 aliphatic carbocycles. The molecule has 1 aromatic carbocycles. The number of carbonyl (C=O) groups is 2. The molecule has 2 aliphatic rings. The highest BCUT2D eigenvalue weighted by atomic mass is 16.5. The number of esters is 1. The third-order valence-electron chi connectivity index (χ3n) is 5.49. The van der Waals surface area contributed by atoms with Gasteiger partial charge in [0, 0.05) is 12.2 Å². The van der Waals surface area contributed by atoms with E-state index in [1.54, 1.807) is 6.92 Å². The third-order valence-corrected chi connectivity index (χ3v) is 5.49. The lowest BCUT2D eigenvalue weighted by molar-refractivity contribution is -0.139. The molecule has 7 nitrogen and oxygen atoms in total. The van der Waals surface area contributed by atoms with Crippen molar-refractivity contribution in [2.75, 3.05) is 26.2 Å². The van der Waals surface area contributed by atoms with E-state index in [4.69, 9.17) is 9.47 Å². The molecule has 0 spiro atoms. The number of carbonyl (C=O) groups excluding carboxylic acids is 2. The maximum Gasteiger partial charge on any atom is 0.338 e. The molecule has 0 bridgehead atoms. The Bertz CT molecular complexity index is 780. The molecule has 7 heteroatoms. The normalized spacial score (nSPS) is 20.7. The van der Waals surface area contributed by atoms with Crippen molar-refractivity contribution in [3.63, 3.8) is 0 Å². The average Bonchev–Trinajstić information content (AvgIpc) is 2.69. The first-order chi connectivity index (χ1) is 14.4. The number of ether oxygens (including phenoxy) is 2. The summed E-state index contributed by atoms with van der Waals surface area (Å²) in [7, 11) is 0. The van der Waals surface area contributed by atoms with Gasteiger partial charge in [-0.3, -0.25) is 4.90 Å². The molecule has 1 atom stereocenters. The van der Waals surface area contributed by atoms with Crippen molar-refractivity contribution >= 4 is 12.0 Å². The SMILES string of the molecule is CCOC(=O)C1=C(CN2CCC(C)CC2)NC(=O)N[C@H]1c1ccc(OC(C)C)cc1. The van der Waals surface area contributed by atoms with Gasteiger partial charge >= 0.3 is 12.0 Å². The molecule has 1 fully saturated rings. The zero-order valence-electron chi connectivity index (χ0n) is 18.4. The second-order valence-corrected chi connectivity index (χ2v) is 8.34. The molecule has 2 heterocycles. The lowest BCUT2D eigenvalue weighted by atomic mass is 9.94. The van der Waals surface area contributed by atoms with E-state index in [0.29, 0.717) is 23.7 Å². The van der Waals surface area contributed by atoms with Crippen LogP contribution in [0.2, 0.25) is 0 Å². The second kappa shape index (κ2) is 9.98. The Hall–Kier alpha value is -2.54. The van der Waals surface area contributed by atoms with Crippen molar-refractivity contribution in [2.24, 2.45) is 5.92 Å². The number of urea groups is 1. The summed E-state index contributed by atoms with van der Waals surface area (Å²) in [5, 5.41) is 5.75. The van der Waals surface area contributed by atoms with E-state index in [9.17, 15) is 9.59 Å². The summed E-state index contributed by atoms with van der Waals surface area (Å²) in [5.41, 5.74) is 1.90. The Morgan fingerprint density at radius 3 is 2.47 bits per heavy atom. The van der Waals surface area contributed by atoms with Gasteiger partial charge in [0.25, 0.3) is 0 Å². The third kappa shape index (κ3) is 5.53. The van der Waals surface area contributed by atoms with Gasteiger partial charge in [-0.1, -0.05) is 19.1 Å². The van der Waals surface area contributed by atoms with Crippen LogP contribution in [0.1, 0.15) is 52.1 Å². The molecule has 1 aromatic rings. The molecular formula is C23H33N3O4. The number of hydrogen-bond donors (Lipinski definition) is 2. The molecule has 2 amide bonds. The van der Waals surface area contributed by atoms with Crippen molar-refractivity contribution < 1.29 is 19.1 Å². The zero-order valence-corrected chi connectivity index (χ0v) is 18.4. The van der Waals surface area contributed by atoms with Crippen molar-refractivity contribution in [3.05, 3.63) is 41.1 Å². The van der Waals surface area contributed by atoms with Gasteiger partial charge < -0.3 is 20.1 Å². The molecule has 3 rings (SSSR count). The minimum atomic E-state index is -0.565. The summed E-state index contributed by atoms with van der Waals surface area (Å²) in [6, 6.07) is 6.61. The summed E-state index contributed by atoms with van der Waals surface area (Å²) in [4.78, 5) is 27.6. The quantitative estimate of drug-likeness (QED) is 0.668. The maximum atomic E-state index is 12.9. The highest BCUT2D eigenvalue weighted by Gasteiger charge is 2.34. The molecular weight excluding hydrogens is 382 g/mol. The van der Waals surface area contributed by atoms with Gasteiger partial charge in [0.05, 0.1) is 24.3 Å². The van der Waals surface area contributed by atoms with Gasteiger partial charge in [0.15, 0.2) is 0 Å². The Labute approximate surface area is 178 Å². The van der Waals surface area contributed by atoms with Crippen molar-refractivity contribution in [1.29, 1.82) is 0 Å². The predicted octanol–water partition coefficient (Wildman–Crippen LogP) is 3.38. The number of nitrogens with one attached hydrogen (secondary N) is 2. The molecule has 0 saturated carbocycles. The van der Waals surface area contributed by atoms with Crippen LogP contribution >= 0.6 is 0 Å². The number of likely N-dealkylation sites (tertiary alicyclic amines) is 1. The first-order valence-electron chi connectivity index (χ1n) is 10.8. The lowest BCUT2D eigenvalue weighted by Crippen LogP contribution is -2.49. The standard InChI is InChI=1S/C23H33N3O4/c1-5-29-22(27)20-19(14-26-12-10-16(4)11-13-26)24-23(28)25-21(20)17-6-8-18(9-7-17)30-15(2)3/h6-9,15-16,21H,5,10-14H2,1-4H3,(H2,24,25,28)/t21-/m0/s1. The lowest BCUT2D eigenvalue weighted by Gasteiger charge is -2.34. The minimum absolute atomic E-state index is 0.0725. The van der Waals surface area contributed by atoms with Crippen LogP contribution in [0.3, 0.4) is 0 Å². The van der Waals surface area contributed by atoms with Crippen LogP contribution in [0.5, 0.6) is 5.75 Å². The fourth-order valence-corrected chi connectivity index (χ4v) is 3.90. The number of hydrogen-bond acceptors (Lipinski definition) is 5. The van der Waals surface area contributed by atoms with E-state index in [1.165, 1.54) is 0 Å². The number of nitrogens with zero attached hydrogens (tertiary/aromatic N) is 1. The molecule has 164 valence electrons. The Balaban J connectivity index is 1.91. The molecule has 0 unspecified atom stereocenters. The van der Waals surface area contributed by atoms with Gasteiger partial charge in [-0.05, 0) is 70.3 Å². The van der Waals surface area contributed by atoms with E-state index in [0.717, 1.165) is 37.2 Å². The topological polar surface area (TPSA) is 79.9 Å². The van der Waals surface area contributed by atoms with Crippen LogP contribution < -0.4 is 15.4 Å². The van der Waals surface area contributed by atoms with E-state index < -0.39 is 12.0 Å². The Morgan fingerprint density at radius 2 is 1.87 bits per heavy atom. The summed E-state index contributed by atoms with van der Waals surface area (Å²) in [6.07, 6.45) is 2.31. The minimum Gasteiger partial charge on any atom is -0.491 e. The van der Waals surface area contributed by atoms with Crippen LogP contribution in [0.4, 0.5) is 4.79 Å². The predicted molar refractivity (Wildman–Crippen MR) is 115 cm³/mol. The Kier molecular flexibility index (Phi) is 7.37. The molecule has 2 aliphatic heterocycles. The average molecular weight is 416 g/mol. The number of rotatable bonds is 7. The van der Waals surface area contributed by atoms with Crippen LogP contribution in [0.25, 0.3) is 0 Å². The first-order valence-corrected chi connectivity index (χ1v) is 10.8. The van der Waals surface area contributed by atoms with E-state index in [1.807, 2.05) is 38.1 Å². The molecule has 2 N–H and O–H groups in total. The highest BCUT2D eigenvalue weighted by molar-refractivity contribution is 5.95. The highest BCUT2D eigenvalue weighted by Crippen LogP contribution is 2.30. The largest absolute Gasteiger partial charge is 0.491 e. The zero-order chi connectivity index (χ0) is 21.7. The van der Waals surface area contributed by atoms with Crippen LogP contribution in [0.15, 0.2) is 35.5 Å². The number of piperidine rings is 1. The summed E-state index contributed by atoms with van der Waals surface area (Å²) in [6.45, 7) is 10.7. The van der Waals surface area contributed by atoms with Gasteiger partial charge in [0.2, 0.25) is 0 Å². The van der Waals surface area contributed by atoms with Crippen molar-refractivity contribution in [1.82, 2.24) is 15.5 Å². The van der Waals surface area contributed by atoms with Gasteiger partial charge in [-0.25, -0.2) is 9.59 Å². The van der Waals surface area contributed by atoms with Gasteiger partial charge in [0.1, 0.15) is 5.75 Å². The fraction of sp³-hybridized carbons (Fsp3) is 0.565. The maximum absolute atomic E-state index is 12.9. The number of amides is 2. The van der Waals surface area contributed by atoms with Gasteiger partial charge in [-0.2, -0.15) is 0 Å². The van der Waals surface area contributed by atoms with Crippen LogP contribution in [-0.2, 0) is 9.53 Å². The summed E-state index contributed by atoms with van der Waals surface area (Å²) < 4.78 is 11.1. The summed E-state index contributed by atoms with van der Waals surface area (Å²) in [5.74, 6) is 1.05. The fourth-order valence-electron chi connectivity index (χ4n) is 3.90. The van der Waals surface area contributed by atoms with Gasteiger partial charge in [-0.15, -0.1) is 0 Å². The Morgan fingerprint density at radius 1 is 1.20 bits per heavy atom. The monoisotopic (exact) mass is 415 g/mol. The molecule has 0 radical (unpaired) electrons. The molecule has 1 saturated heterocycles. The van der Waals surface area contributed by atoms with E-state index in [2.05, 4.69) is 22.5 Å². The first kappa shape index (κ1) is 22.2. The molecule has 30 heavy (non-hydrogen) atoms. The smallest absolute Gasteiger partial charge is 0.338 e. The van der Waals surface area contributed by atoms with E-state index in [-0.39, 0.29) is 18.7 Å². The second-order valence-electron chi connectivity index (χ2n) is 8.34. The molecule has 0 aromatic heterocycles. The van der Waals surface area contributed by atoms with Crippen molar-refractivity contribution in [2.45, 2.75) is 52.7 Å². The van der Waals surface area contributed by atoms with E-state index >= 15 is 0 Å². The van der Waals surface area contributed by atoms with Crippen LogP contribution in [-0.4, -0.2) is 49.2 Å². The van der Waals surface area contributed by atoms with Crippen molar-refractivity contribution in [3.8, 4) is 5.75 Å². The number of benzene rings is 1. The summed E-state index contributed by atoms with van der Waals surface area (Å²) >= 11 is 0.